The van der Waals surface area contributed by atoms with Gasteiger partial charge in [0.15, 0.2) is 5.76 Å². The van der Waals surface area contributed by atoms with Crippen LogP contribution in [0.2, 0.25) is 0 Å². The second-order valence-corrected chi connectivity index (χ2v) is 5.27. The number of Topliss-reactive ketones (excluding diaryl/α,β-unsaturated/α-hetero) is 1. The minimum Gasteiger partial charge on any atom is -0.475 e. The topological polar surface area (TPSA) is 67.5 Å². The summed E-state index contributed by atoms with van der Waals surface area (Å²) < 4.78 is 5.06. The highest BCUT2D eigenvalue weighted by Crippen LogP contribution is 2.44. The molecule has 0 radical (unpaired) electrons. The lowest BCUT2D eigenvalue weighted by atomic mass is 9.79. The molecule has 1 saturated carbocycles. The van der Waals surface area contributed by atoms with Gasteiger partial charge in [-0.15, -0.1) is 0 Å². The van der Waals surface area contributed by atoms with E-state index in [2.05, 4.69) is 13.8 Å². The largest absolute Gasteiger partial charge is 0.475 e. The first-order chi connectivity index (χ1) is 7.92. The van der Waals surface area contributed by atoms with Gasteiger partial charge in [0.1, 0.15) is 0 Å². The molecule has 1 fully saturated rings. The number of hydrogen-bond acceptors (Lipinski definition) is 3. The molecule has 1 aliphatic carbocycles. The van der Waals surface area contributed by atoms with E-state index in [0.29, 0.717) is 0 Å². The molecule has 1 N–H and O–H groups in total. The van der Waals surface area contributed by atoms with Gasteiger partial charge in [-0.3, -0.25) is 4.79 Å². The van der Waals surface area contributed by atoms with Gasteiger partial charge in [0, 0.05) is 5.92 Å². The summed E-state index contributed by atoms with van der Waals surface area (Å²) >= 11 is 0. The maximum absolute atomic E-state index is 12.2. The number of ketones is 1. The van der Waals surface area contributed by atoms with Crippen molar-refractivity contribution in [1.82, 2.24) is 0 Å². The highest BCUT2D eigenvalue weighted by molar-refractivity contribution is 5.97. The van der Waals surface area contributed by atoms with Gasteiger partial charge in [-0.1, -0.05) is 20.3 Å². The molecule has 0 amide bonds. The van der Waals surface area contributed by atoms with Gasteiger partial charge in [-0.25, -0.2) is 4.79 Å². The van der Waals surface area contributed by atoms with Gasteiger partial charge >= 0.3 is 5.97 Å². The van der Waals surface area contributed by atoms with Gasteiger partial charge in [-0.05, 0) is 30.4 Å². The normalized spacial score (nSPS) is 22.6. The molecule has 1 aromatic rings. The summed E-state index contributed by atoms with van der Waals surface area (Å²) in [5, 5.41) is 8.74. The van der Waals surface area contributed by atoms with Crippen molar-refractivity contribution in [2.75, 3.05) is 0 Å². The minimum atomic E-state index is -1.14. The van der Waals surface area contributed by atoms with Crippen molar-refractivity contribution in [1.29, 1.82) is 0 Å². The van der Waals surface area contributed by atoms with E-state index in [-0.39, 0.29) is 28.6 Å². The molecule has 4 nitrogen and oxygen atoms in total. The number of carbonyl (C=O) groups excluding carboxylic acids is 1. The van der Waals surface area contributed by atoms with Crippen molar-refractivity contribution in [2.24, 2.45) is 11.3 Å². The molecule has 1 heterocycles. The second-order valence-electron chi connectivity index (χ2n) is 5.27. The van der Waals surface area contributed by atoms with E-state index in [1.165, 1.54) is 12.1 Å². The van der Waals surface area contributed by atoms with Crippen LogP contribution in [0.5, 0.6) is 0 Å². The van der Waals surface area contributed by atoms with E-state index >= 15 is 0 Å². The lowest BCUT2D eigenvalue weighted by Gasteiger charge is -2.24. The Hall–Kier alpha value is -1.58. The number of carboxylic acids is 1. The molecule has 0 bridgehead atoms. The Balaban J connectivity index is 2.22. The SMILES string of the molecule is CC1(C)CCCC1C(=O)c1ccc(C(=O)O)o1. The van der Waals surface area contributed by atoms with Crippen LogP contribution in [0.3, 0.4) is 0 Å². The third kappa shape index (κ3) is 2.12. The molecule has 2 rings (SSSR count). The fraction of sp³-hybridized carbons (Fsp3) is 0.538. The highest BCUT2D eigenvalue weighted by atomic mass is 16.4. The van der Waals surface area contributed by atoms with Crippen molar-refractivity contribution in [2.45, 2.75) is 33.1 Å². The minimum absolute atomic E-state index is 0.0206. The fourth-order valence-electron chi connectivity index (χ4n) is 2.57. The molecular formula is C13H16O4. The third-order valence-corrected chi connectivity index (χ3v) is 3.63. The van der Waals surface area contributed by atoms with Crippen LogP contribution in [0.25, 0.3) is 0 Å². The predicted molar refractivity (Wildman–Crippen MR) is 61.1 cm³/mol. The molecule has 1 aliphatic rings. The smallest absolute Gasteiger partial charge is 0.371 e. The van der Waals surface area contributed by atoms with Crippen molar-refractivity contribution in [3.63, 3.8) is 0 Å². The van der Waals surface area contributed by atoms with Gasteiger partial charge < -0.3 is 9.52 Å². The average Bonchev–Trinajstić information content (AvgIpc) is 2.82. The van der Waals surface area contributed by atoms with Crippen LogP contribution in [0.15, 0.2) is 16.5 Å². The molecule has 17 heavy (non-hydrogen) atoms. The quantitative estimate of drug-likeness (QED) is 0.819. The third-order valence-electron chi connectivity index (χ3n) is 3.63. The summed E-state index contributed by atoms with van der Waals surface area (Å²) in [5.41, 5.74) is -0.0206. The van der Waals surface area contributed by atoms with Crippen molar-refractivity contribution < 1.29 is 19.1 Å². The number of aromatic carboxylic acids is 1. The van der Waals surface area contributed by atoms with Crippen LogP contribution in [0.1, 0.15) is 54.2 Å². The Labute approximate surface area is 99.6 Å². The first-order valence-electron chi connectivity index (χ1n) is 5.79. The van der Waals surface area contributed by atoms with Gasteiger partial charge in [0.05, 0.1) is 0 Å². The van der Waals surface area contributed by atoms with Crippen molar-refractivity contribution in [3.8, 4) is 0 Å². The number of carboxylic acid groups (broad SMARTS) is 1. The molecule has 0 aromatic carbocycles. The van der Waals surface area contributed by atoms with Gasteiger partial charge in [-0.2, -0.15) is 0 Å². The predicted octanol–water partition coefficient (Wildman–Crippen LogP) is 2.99. The zero-order valence-corrected chi connectivity index (χ0v) is 10.0. The molecule has 1 aromatic heterocycles. The Morgan fingerprint density at radius 1 is 1.35 bits per heavy atom. The van der Waals surface area contributed by atoms with Crippen molar-refractivity contribution in [3.05, 3.63) is 23.7 Å². The van der Waals surface area contributed by atoms with Crippen LogP contribution in [-0.2, 0) is 0 Å². The van der Waals surface area contributed by atoms with E-state index < -0.39 is 5.97 Å². The molecular weight excluding hydrogens is 220 g/mol. The highest BCUT2D eigenvalue weighted by Gasteiger charge is 2.40. The van der Waals surface area contributed by atoms with Gasteiger partial charge in [0.25, 0.3) is 0 Å². The maximum atomic E-state index is 12.2. The van der Waals surface area contributed by atoms with Gasteiger partial charge in [0.2, 0.25) is 11.5 Å². The Morgan fingerprint density at radius 3 is 2.47 bits per heavy atom. The summed E-state index contributed by atoms with van der Waals surface area (Å²) in [6.45, 7) is 4.15. The summed E-state index contributed by atoms with van der Waals surface area (Å²) in [6.07, 6.45) is 2.92. The molecule has 0 aliphatic heterocycles. The van der Waals surface area contributed by atoms with Crippen molar-refractivity contribution >= 4 is 11.8 Å². The van der Waals surface area contributed by atoms with Crippen LogP contribution >= 0.6 is 0 Å². The zero-order valence-electron chi connectivity index (χ0n) is 10.0. The van der Waals surface area contributed by atoms with E-state index in [9.17, 15) is 9.59 Å². The molecule has 0 saturated heterocycles. The van der Waals surface area contributed by atoms with Crippen LogP contribution in [0.4, 0.5) is 0 Å². The Morgan fingerprint density at radius 2 is 2.00 bits per heavy atom. The molecule has 1 atom stereocenters. The molecule has 4 heteroatoms. The van der Waals surface area contributed by atoms with Crippen LogP contribution < -0.4 is 0 Å². The average molecular weight is 236 g/mol. The second kappa shape index (κ2) is 4.02. The monoisotopic (exact) mass is 236 g/mol. The van der Waals surface area contributed by atoms with E-state index in [1.54, 1.807) is 0 Å². The zero-order chi connectivity index (χ0) is 12.6. The fourth-order valence-corrected chi connectivity index (χ4v) is 2.57. The van der Waals surface area contributed by atoms with E-state index in [0.717, 1.165) is 19.3 Å². The number of hydrogen-bond donors (Lipinski definition) is 1. The summed E-state index contributed by atoms with van der Waals surface area (Å²) in [6, 6.07) is 2.79. The summed E-state index contributed by atoms with van der Waals surface area (Å²) in [7, 11) is 0. The molecule has 0 spiro atoms. The standard InChI is InChI=1S/C13H16O4/c1-13(2)7-3-4-8(13)11(14)9-5-6-10(17-9)12(15)16/h5-6,8H,3-4,7H2,1-2H3,(H,15,16). The first-order valence-corrected chi connectivity index (χ1v) is 5.79. The number of carbonyl (C=O) groups is 2. The van der Waals surface area contributed by atoms with Crippen LogP contribution in [-0.4, -0.2) is 16.9 Å². The number of rotatable bonds is 3. The molecule has 1 unspecified atom stereocenters. The maximum Gasteiger partial charge on any atom is 0.371 e. The Bertz CT molecular complexity index is 456. The first kappa shape index (κ1) is 11.9. The lowest BCUT2D eigenvalue weighted by Crippen LogP contribution is -2.25. The van der Waals surface area contributed by atoms with E-state index in [4.69, 9.17) is 9.52 Å². The van der Waals surface area contributed by atoms with Crippen LogP contribution in [0, 0.1) is 11.3 Å². The Kier molecular flexibility index (Phi) is 2.81. The van der Waals surface area contributed by atoms with E-state index in [1.807, 2.05) is 0 Å². The lowest BCUT2D eigenvalue weighted by molar-refractivity contribution is 0.0657. The summed E-state index contributed by atoms with van der Waals surface area (Å²) in [5.74, 6) is -1.28. The summed E-state index contributed by atoms with van der Waals surface area (Å²) in [4.78, 5) is 22.9. The molecule has 92 valence electrons. The number of furan rings is 1.